The number of aryl methyl sites for hydroxylation is 1. The van der Waals surface area contributed by atoms with Crippen LogP contribution in [-0.4, -0.2) is 35.3 Å². The Hall–Kier alpha value is -2.21. The van der Waals surface area contributed by atoms with Gasteiger partial charge in [0.15, 0.2) is 0 Å². The van der Waals surface area contributed by atoms with Crippen molar-refractivity contribution in [1.82, 2.24) is 9.88 Å². The number of aromatic nitrogens is 1. The van der Waals surface area contributed by atoms with Crippen LogP contribution in [-0.2, 0) is 9.59 Å². The van der Waals surface area contributed by atoms with E-state index in [1.807, 2.05) is 24.4 Å². The lowest BCUT2D eigenvalue weighted by Crippen LogP contribution is -2.37. The summed E-state index contributed by atoms with van der Waals surface area (Å²) in [6.45, 7) is 6.71. The number of nitrogens with zero attached hydrogens (tertiary/aromatic N) is 2. The molecule has 1 heterocycles. The van der Waals surface area contributed by atoms with Gasteiger partial charge in [-0.25, -0.2) is 4.98 Å². The second-order valence-electron chi connectivity index (χ2n) is 6.19. The monoisotopic (exact) mass is 345 g/mol. The molecule has 1 aromatic carbocycles. The van der Waals surface area contributed by atoms with Crippen LogP contribution in [0.25, 0.3) is 11.3 Å². The fraction of sp³-hybridized carbons (Fsp3) is 0.389. The molecule has 6 heteroatoms. The maximum Gasteiger partial charge on any atom is 0.313 e. The molecule has 5 nitrogen and oxygen atoms in total. The lowest BCUT2D eigenvalue weighted by atomic mass is 10.1. The molecular weight excluding hydrogens is 322 g/mol. The molecule has 1 N–H and O–H groups in total. The van der Waals surface area contributed by atoms with Crippen molar-refractivity contribution >= 4 is 28.8 Å². The molecule has 128 valence electrons. The highest BCUT2D eigenvalue weighted by Gasteiger charge is 2.18. The van der Waals surface area contributed by atoms with E-state index in [-0.39, 0.29) is 0 Å². The molecule has 0 aliphatic heterocycles. The number of likely N-dealkylation sites (N-methyl/N-ethyl adjacent to an activating group) is 1. The van der Waals surface area contributed by atoms with Gasteiger partial charge in [-0.2, -0.15) is 0 Å². The van der Waals surface area contributed by atoms with E-state index in [2.05, 4.69) is 24.1 Å². The number of carbonyl (C=O) groups is 2. The quantitative estimate of drug-likeness (QED) is 0.843. The largest absolute Gasteiger partial charge is 0.337 e. The molecule has 0 fully saturated rings. The van der Waals surface area contributed by atoms with Gasteiger partial charge in [-0.1, -0.05) is 26.0 Å². The highest BCUT2D eigenvalue weighted by Crippen LogP contribution is 2.23. The van der Waals surface area contributed by atoms with Crippen molar-refractivity contribution in [2.75, 3.05) is 18.9 Å². The first-order chi connectivity index (χ1) is 11.4. The number of amides is 2. The summed E-state index contributed by atoms with van der Waals surface area (Å²) < 4.78 is 0. The van der Waals surface area contributed by atoms with Crippen molar-refractivity contribution < 1.29 is 9.59 Å². The van der Waals surface area contributed by atoms with Gasteiger partial charge in [0.2, 0.25) is 0 Å². The van der Waals surface area contributed by atoms with Crippen LogP contribution in [0.3, 0.4) is 0 Å². The smallest absolute Gasteiger partial charge is 0.313 e. The molecule has 0 radical (unpaired) electrons. The molecule has 0 saturated carbocycles. The molecule has 0 atom stereocenters. The zero-order valence-corrected chi connectivity index (χ0v) is 15.3. The van der Waals surface area contributed by atoms with E-state index in [0.717, 1.165) is 22.7 Å². The summed E-state index contributed by atoms with van der Waals surface area (Å²) in [5, 5.41) is 5.65. The van der Waals surface area contributed by atoms with Crippen LogP contribution < -0.4 is 5.32 Å². The number of benzene rings is 1. The standard InChI is InChI=1S/C18H23N3O2S/c1-12(2)9-10-21(4)18(23)17(22)20-15-7-5-14(6-8-15)16-11-24-13(3)19-16/h5-8,11-12H,9-10H2,1-4H3,(H,20,22). The molecule has 0 unspecified atom stereocenters. The summed E-state index contributed by atoms with van der Waals surface area (Å²) in [7, 11) is 1.65. The van der Waals surface area contributed by atoms with Gasteiger partial charge in [-0.05, 0) is 31.4 Å². The summed E-state index contributed by atoms with van der Waals surface area (Å²) in [5.74, 6) is -0.640. The minimum absolute atomic E-state index is 0.491. The molecule has 0 aliphatic rings. The molecule has 0 bridgehead atoms. The van der Waals surface area contributed by atoms with Gasteiger partial charge in [0.1, 0.15) is 0 Å². The van der Waals surface area contributed by atoms with Gasteiger partial charge in [0.05, 0.1) is 10.7 Å². The Morgan fingerprint density at radius 2 is 1.92 bits per heavy atom. The lowest BCUT2D eigenvalue weighted by molar-refractivity contribution is -0.142. The highest BCUT2D eigenvalue weighted by atomic mass is 32.1. The minimum Gasteiger partial charge on any atom is -0.337 e. The predicted molar refractivity (Wildman–Crippen MR) is 98.0 cm³/mol. The molecule has 2 rings (SSSR count). The Kier molecular flexibility index (Phi) is 6.09. The topological polar surface area (TPSA) is 62.3 Å². The predicted octanol–water partition coefficient (Wildman–Crippen LogP) is 3.56. The number of hydrogen-bond acceptors (Lipinski definition) is 4. The first-order valence-corrected chi connectivity index (χ1v) is 8.83. The van der Waals surface area contributed by atoms with E-state index in [1.54, 1.807) is 30.5 Å². The number of nitrogens with one attached hydrogen (secondary N) is 1. The van der Waals surface area contributed by atoms with Crippen LogP contribution in [0.2, 0.25) is 0 Å². The van der Waals surface area contributed by atoms with Crippen molar-refractivity contribution in [2.45, 2.75) is 27.2 Å². The third-order valence-corrected chi connectivity index (χ3v) is 4.41. The molecule has 2 amide bonds. The minimum atomic E-state index is -0.612. The molecule has 0 spiro atoms. The van der Waals surface area contributed by atoms with Crippen molar-refractivity contribution in [3.05, 3.63) is 34.7 Å². The van der Waals surface area contributed by atoms with E-state index < -0.39 is 11.8 Å². The van der Waals surface area contributed by atoms with Crippen molar-refractivity contribution in [3.63, 3.8) is 0 Å². The summed E-state index contributed by atoms with van der Waals surface area (Å²) >= 11 is 1.60. The second-order valence-corrected chi connectivity index (χ2v) is 7.25. The Morgan fingerprint density at radius 3 is 2.46 bits per heavy atom. The SMILES string of the molecule is Cc1nc(-c2ccc(NC(=O)C(=O)N(C)CCC(C)C)cc2)cs1. The van der Waals surface area contributed by atoms with Gasteiger partial charge in [-0.15, -0.1) is 11.3 Å². The van der Waals surface area contributed by atoms with Crippen molar-refractivity contribution in [1.29, 1.82) is 0 Å². The number of rotatable bonds is 5. The second kappa shape index (κ2) is 8.06. The van der Waals surface area contributed by atoms with Gasteiger partial charge in [0, 0.05) is 30.2 Å². The van der Waals surface area contributed by atoms with E-state index in [4.69, 9.17) is 0 Å². The zero-order valence-electron chi connectivity index (χ0n) is 14.5. The third-order valence-electron chi connectivity index (χ3n) is 3.64. The van der Waals surface area contributed by atoms with Crippen LogP contribution in [0.4, 0.5) is 5.69 Å². The summed E-state index contributed by atoms with van der Waals surface area (Å²) in [4.78, 5) is 30.0. The first-order valence-electron chi connectivity index (χ1n) is 7.96. The molecular formula is C18H23N3O2S. The van der Waals surface area contributed by atoms with Crippen molar-refractivity contribution in [2.24, 2.45) is 5.92 Å². The normalized spacial score (nSPS) is 10.7. The average Bonchev–Trinajstić information content (AvgIpc) is 2.99. The Morgan fingerprint density at radius 1 is 1.25 bits per heavy atom. The Labute approximate surface area is 146 Å². The molecule has 0 saturated heterocycles. The van der Waals surface area contributed by atoms with E-state index >= 15 is 0 Å². The van der Waals surface area contributed by atoms with Gasteiger partial charge in [0.25, 0.3) is 0 Å². The number of hydrogen-bond donors (Lipinski definition) is 1. The van der Waals surface area contributed by atoms with Crippen LogP contribution in [0.15, 0.2) is 29.6 Å². The van der Waals surface area contributed by atoms with Crippen molar-refractivity contribution in [3.8, 4) is 11.3 Å². The number of thiazole rings is 1. The summed E-state index contributed by atoms with van der Waals surface area (Å²) in [5.41, 5.74) is 2.50. The van der Waals surface area contributed by atoms with E-state index in [9.17, 15) is 9.59 Å². The first kappa shape index (κ1) is 18.1. The van der Waals surface area contributed by atoms with Crippen LogP contribution in [0.1, 0.15) is 25.3 Å². The third kappa shape index (κ3) is 4.89. The zero-order chi connectivity index (χ0) is 17.7. The molecule has 24 heavy (non-hydrogen) atoms. The van der Waals surface area contributed by atoms with Crippen LogP contribution in [0.5, 0.6) is 0 Å². The van der Waals surface area contributed by atoms with Crippen LogP contribution in [0, 0.1) is 12.8 Å². The lowest BCUT2D eigenvalue weighted by Gasteiger charge is -2.17. The fourth-order valence-corrected chi connectivity index (χ4v) is 2.75. The maximum atomic E-state index is 12.1. The highest BCUT2D eigenvalue weighted by molar-refractivity contribution is 7.09. The number of anilines is 1. The number of carbonyl (C=O) groups excluding carboxylic acids is 2. The van der Waals surface area contributed by atoms with Gasteiger partial charge >= 0.3 is 11.8 Å². The molecule has 0 aliphatic carbocycles. The Bertz CT molecular complexity index is 707. The fourth-order valence-electron chi connectivity index (χ4n) is 2.13. The summed E-state index contributed by atoms with van der Waals surface area (Å²) in [6.07, 6.45) is 0.872. The Balaban J connectivity index is 1.95. The van der Waals surface area contributed by atoms with E-state index in [0.29, 0.717) is 18.2 Å². The van der Waals surface area contributed by atoms with Gasteiger partial charge in [-0.3, -0.25) is 9.59 Å². The summed E-state index contributed by atoms with van der Waals surface area (Å²) in [6, 6.07) is 7.33. The van der Waals surface area contributed by atoms with E-state index in [1.165, 1.54) is 4.90 Å². The molecule has 1 aromatic heterocycles. The average molecular weight is 345 g/mol. The van der Waals surface area contributed by atoms with Crippen LogP contribution >= 0.6 is 11.3 Å². The molecule has 2 aromatic rings. The van der Waals surface area contributed by atoms with Gasteiger partial charge < -0.3 is 10.2 Å². The maximum absolute atomic E-state index is 12.1.